The van der Waals surface area contributed by atoms with Crippen LogP contribution >= 0.6 is 0 Å². The zero-order valence-electron chi connectivity index (χ0n) is 10.5. The summed E-state index contributed by atoms with van der Waals surface area (Å²) in [4.78, 5) is 0. The van der Waals surface area contributed by atoms with E-state index in [0.29, 0.717) is 12.2 Å². The van der Waals surface area contributed by atoms with Crippen molar-refractivity contribution in [1.29, 1.82) is 0 Å². The van der Waals surface area contributed by atoms with Gasteiger partial charge in [-0.05, 0) is 17.7 Å². The SMILES string of the molecule is Nc1cc(C(F)(F)F)ccc1-c1cccc2c1OCC2. The van der Waals surface area contributed by atoms with Crippen LogP contribution in [0.2, 0.25) is 0 Å². The second-order valence-electron chi connectivity index (χ2n) is 4.69. The zero-order chi connectivity index (χ0) is 14.3. The van der Waals surface area contributed by atoms with Crippen molar-refractivity contribution in [2.75, 3.05) is 12.3 Å². The van der Waals surface area contributed by atoms with Crippen LogP contribution < -0.4 is 10.5 Å². The molecule has 2 N–H and O–H groups in total. The van der Waals surface area contributed by atoms with Gasteiger partial charge >= 0.3 is 6.18 Å². The van der Waals surface area contributed by atoms with Gasteiger partial charge in [-0.25, -0.2) is 0 Å². The summed E-state index contributed by atoms with van der Waals surface area (Å²) < 4.78 is 43.5. The minimum absolute atomic E-state index is 0.101. The highest BCUT2D eigenvalue weighted by Crippen LogP contribution is 2.41. The lowest BCUT2D eigenvalue weighted by Crippen LogP contribution is -2.06. The fraction of sp³-hybridized carbons (Fsp3) is 0.200. The Morgan fingerprint density at radius 3 is 2.55 bits per heavy atom. The van der Waals surface area contributed by atoms with Gasteiger partial charge in [-0.2, -0.15) is 13.2 Å². The zero-order valence-corrected chi connectivity index (χ0v) is 10.5. The van der Waals surface area contributed by atoms with E-state index in [9.17, 15) is 13.2 Å². The summed E-state index contributed by atoms with van der Waals surface area (Å²) in [5.41, 5.74) is 7.51. The molecule has 1 heterocycles. The molecule has 5 heteroatoms. The van der Waals surface area contributed by atoms with Gasteiger partial charge in [0.1, 0.15) is 5.75 Å². The van der Waals surface area contributed by atoms with Gasteiger partial charge in [0.25, 0.3) is 0 Å². The largest absolute Gasteiger partial charge is 0.492 e. The number of para-hydroxylation sites is 1. The minimum Gasteiger partial charge on any atom is -0.492 e. The molecule has 0 unspecified atom stereocenters. The van der Waals surface area contributed by atoms with Crippen molar-refractivity contribution in [2.45, 2.75) is 12.6 Å². The number of alkyl halides is 3. The molecule has 104 valence electrons. The topological polar surface area (TPSA) is 35.2 Å². The number of fused-ring (bicyclic) bond motifs is 1. The van der Waals surface area contributed by atoms with Crippen LogP contribution in [0.4, 0.5) is 18.9 Å². The molecule has 0 atom stereocenters. The van der Waals surface area contributed by atoms with Crippen LogP contribution in [-0.4, -0.2) is 6.61 Å². The van der Waals surface area contributed by atoms with Gasteiger partial charge < -0.3 is 10.5 Å². The summed E-state index contributed by atoms with van der Waals surface area (Å²) >= 11 is 0. The Balaban J connectivity index is 2.10. The van der Waals surface area contributed by atoms with Gasteiger partial charge in [0.15, 0.2) is 0 Å². The third-order valence-corrected chi connectivity index (χ3v) is 3.38. The van der Waals surface area contributed by atoms with Crippen molar-refractivity contribution in [3.05, 3.63) is 47.5 Å². The second-order valence-corrected chi connectivity index (χ2v) is 4.69. The second kappa shape index (κ2) is 4.44. The summed E-state index contributed by atoms with van der Waals surface area (Å²) in [6.45, 7) is 0.590. The van der Waals surface area contributed by atoms with E-state index in [4.69, 9.17) is 10.5 Å². The number of hydrogen-bond acceptors (Lipinski definition) is 2. The van der Waals surface area contributed by atoms with Gasteiger partial charge in [0, 0.05) is 23.2 Å². The van der Waals surface area contributed by atoms with E-state index in [-0.39, 0.29) is 5.69 Å². The number of ether oxygens (including phenoxy) is 1. The Morgan fingerprint density at radius 1 is 1.05 bits per heavy atom. The van der Waals surface area contributed by atoms with E-state index in [1.165, 1.54) is 6.07 Å². The van der Waals surface area contributed by atoms with Crippen molar-refractivity contribution >= 4 is 5.69 Å². The van der Waals surface area contributed by atoms with E-state index < -0.39 is 11.7 Å². The normalized spacial score (nSPS) is 13.9. The molecule has 0 aromatic heterocycles. The first-order valence-corrected chi connectivity index (χ1v) is 6.18. The highest BCUT2D eigenvalue weighted by molar-refractivity contribution is 5.82. The van der Waals surface area contributed by atoms with Crippen molar-refractivity contribution in [2.24, 2.45) is 0 Å². The summed E-state index contributed by atoms with van der Waals surface area (Å²) in [5.74, 6) is 0.721. The van der Waals surface area contributed by atoms with Gasteiger partial charge in [0.05, 0.1) is 12.2 Å². The van der Waals surface area contributed by atoms with Gasteiger partial charge in [-0.15, -0.1) is 0 Å². The summed E-state index contributed by atoms with van der Waals surface area (Å²) in [6, 6.07) is 9.02. The van der Waals surface area contributed by atoms with Crippen molar-refractivity contribution in [1.82, 2.24) is 0 Å². The number of benzene rings is 2. The molecule has 20 heavy (non-hydrogen) atoms. The maximum Gasteiger partial charge on any atom is 0.416 e. The quantitative estimate of drug-likeness (QED) is 0.804. The monoisotopic (exact) mass is 279 g/mol. The molecule has 1 aliphatic rings. The number of anilines is 1. The Hall–Kier alpha value is -2.17. The molecule has 0 amide bonds. The van der Waals surface area contributed by atoms with Crippen molar-refractivity contribution < 1.29 is 17.9 Å². The average Bonchev–Trinajstić information content (AvgIpc) is 2.85. The Morgan fingerprint density at radius 2 is 1.85 bits per heavy atom. The highest BCUT2D eigenvalue weighted by atomic mass is 19.4. The van der Waals surface area contributed by atoms with E-state index in [1.54, 1.807) is 0 Å². The molecule has 0 bridgehead atoms. The predicted octanol–water partition coefficient (Wildman–Crippen LogP) is 3.89. The molecule has 2 aromatic rings. The maximum atomic E-state index is 12.6. The molecular formula is C15H12F3NO. The molecular weight excluding hydrogens is 267 g/mol. The Bertz CT molecular complexity index is 665. The summed E-state index contributed by atoms with van der Waals surface area (Å²) in [6.07, 6.45) is -3.58. The van der Waals surface area contributed by atoms with Crippen molar-refractivity contribution in [3.63, 3.8) is 0 Å². The third-order valence-electron chi connectivity index (χ3n) is 3.38. The van der Waals surface area contributed by atoms with Crippen LogP contribution in [0.5, 0.6) is 5.75 Å². The van der Waals surface area contributed by atoms with Gasteiger partial charge in [-0.1, -0.05) is 24.3 Å². The van der Waals surface area contributed by atoms with Crippen molar-refractivity contribution in [3.8, 4) is 16.9 Å². The number of halogens is 3. The average molecular weight is 279 g/mol. The molecule has 0 fully saturated rings. The van der Waals surface area contributed by atoms with E-state index in [2.05, 4.69) is 0 Å². The first-order chi connectivity index (χ1) is 9.47. The Labute approximate surface area is 114 Å². The molecule has 0 saturated heterocycles. The van der Waals surface area contributed by atoms with Crippen LogP contribution in [0.25, 0.3) is 11.1 Å². The fourth-order valence-electron chi connectivity index (χ4n) is 2.41. The number of rotatable bonds is 1. The maximum absolute atomic E-state index is 12.6. The van der Waals surface area contributed by atoms with Gasteiger partial charge in [-0.3, -0.25) is 0 Å². The molecule has 2 nitrogen and oxygen atoms in total. The van der Waals surface area contributed by atoms with Crippen LogP contribution in [-0.2, 0) is 12.6 Å². The molecule has 0 spiro atoms. The molecule has 1 aliphatic heterocycles. The third kappa shape index (κ3) is 2.09. The molecule has 3 rings (SSSR count). The summed E-state index contributed by atoms with van der Waals surface area (Å²) in [7, 11) is 0. The number of hydrogen-bond donors (Lipinski definition) is 1. The first kappa shape index (κ1) is 12.8. The van der Waals surface area contributed by atoms with E-state index in [0.717, 1.165) is 35.4 Å². The smallest absolute Gasteiger partial charge is 0.416 e. The lowest BCUT2D eigenvalue weighted by Gasteiger charge is -2.13. The van der Waals surface area contributed by atoms with E-state index in [1.807, 2.05) is 18.2 Å². The van der Waals surface area contributed by atoms with Crippen LogP contribution in [0, 0.1) is 0 Å². The van der Waals surface area contributed by atoms with Crippen LogP contribution in [0.15, 0.2) is 36.4 Å². The lowest BCUT2D eigenvalue weighted by molar-refractivity contribution is -0.137. The predicted molar refractivity (Wildman–Crippen MR) is 70.5 cm³/mol. The first-order valence-electron chi connectivity index (χ1n) is 6.18. The number of nitrogens with two attached hydrogens (primary N) is 1. The van der Waals surface area contributed by atoms with Crippen LogP contribution in [0.1, 0.15) is 11.1 Å². The fourth-order valence-corrected chi connectivity index (χ4v) is 2.41. The highest BCUT2D eigenvalue weighted by Gasteiger charge is 2.31. The lowest BCUT2D eigenvalue weighted by atomic mass is 9.98. The van der Waals surface area contributed by atoms with E-state index >= 15 is 0 Å². The van der Waals surface area contributed by atoms with Crippen LogP contribution in [0.3, 0.4) is 0 Å². The summed E-state index contributed by atoms with van der Waals surface area (Å²) in [5, 5.41) is 0. The standard InChI is InChI=1S/C15H12F3NO/c16-15(17,18)10-4-5-11(13(19)8-10)12-3-1-2-9-6-7-20-14(9)12/h1-5,8H,6-7,19H2. The number of nitrogen functional groups attached to an aromatic ring is 1. The molecule has 0 aliphatic carbocycles. The van der Waals surface area contributed by atoms with Gasteiger partial charge in [0.2, 0.25) is 0 Å². The molecule has 2 aromatic carbocycles. The molecule has 0 saturated carbocycles. The minimum atomic E-state index is -4.39. The molecule has 0 radical (unpaired) electrons. The Kier molecular flexibility index (Phi) is 2.85.